The van der Waals surface area contributed by atoms with Crippen LogP contribution in [0.5, 0.6) is 5.75 Å². The van der Waals surface area contributed by atoms with Crippen molar-refractivity contribution in [3.63, 3.8) is 0 Å². The zero-order valence-electron chi connectivity index (χ0n) is 21.5. The molecule has 3 aromatic rings. The van der Waals surface area contributed by atoms with E-state index in [1.165, 1.54) is 30.4 Å². The van der Waals surface area contributed by atoms with E-state index in [4.69, 9.17) is 16.3 Å². The molecule has 0 spiro atoms. The highest BCUT2D eigenvalue weighted by Crippen LogP contribution is 2.31. The molecule has 9 heteroatoms. The molecule has 0 aromatic heterocycles. The summed E-state index contributed by atoms with van der Waals surface area (Å²) in [5, 5.41) is 6.80. The first-order valence-corrected chi connectivity index (χ1v) is 14.1. The fourth-order valence-corrected chi connectivity index (χ4v) is 6.08. The minimum Gasteiger partial charge on any atom is -0.495 e. The molecule has 3 aromatic carbocycles. The number of sulfone groups is 1. The Bertz CT molecular complexity index is 1420. The van der Waals surface area contributed by atoms with E-state index in [0.717, 1.165) is 36.2 Å². The fourth-order valence-electron chi connectivity index (χ4n) is 4.56. The number of rotatable bonds is 7. The van der Waals surface area contributed by atoms with Crippen LogP contribution < -0.4 is 15.4 Å². The molecule has 2 N–H and O–H groups in total. The van der Waals surface area contributed by atoms with E-state index in [2.05, 4.69) is 10.6 Å². The van der Waals surface area contributed by atoms with Crippen LogP contribution in [0.15, 0.2) is 59.5 Å². The Kier molecular flexibility index (Phi) is 8.11. The number of halogens is 1. The largest absolute Gasteiger partial charge is 0.495 e. The number of hydrogen-bond acceptors (Lipinski definition) is 5. The molecule has 37 heavy (non-hydrogen) atoms. The van der Waals surface area contributed by atoms with E-state index in [1.54, 1.807) is 18.0 Å². The summed E-state index contributed by atoms with van der Waals surface area (Å²) in [6, 6.07) is 15.4. The zero-order valence-corrected chi connectivity index (χ0v) is 23.0. The standard InChI is InChI=1S/C28H32ClN3O4S/c1-18-24(6-5-7-25(18)29)19(2)32(3)28(33)31-26-11-10-23(15-27(26)36-4)37(34,35)17-20-8-9-22-16-30-13-12-21(22)14-20/h5-11,14-15,19,30H,12-13,16-17H2,1-4H3,(H,31,33). The minimum atomic E-state index is -3.62. The van der Waals surface area contributed by atoms with Crippen LogP contribution in [-0.4, -0.2) is 40.1 Å². The highest BCUT2D eigenvalue weighted by molar-refractivity contribution is 7.90. The van der Waals surface area contributed by atoms with E-state index < -0.39 is 9.84 Å². The van der Waals surface area contributed by atoms with Gasteiger partial charge in [-0.25, -0.2) is 13.2 Å². The van der Waals surface area contributed by atoms with Crippen molar-refractivity contribution in [2.45, 2.75) is 43.5 Å². The number of nitrogens with zero attached hydrogens (tertiary/aromatic N) is 1. The summed E-state index contributed by atoms with van der Waals surface area (Å²) < 4.78 is 31.9. The van der Waals surface area contributed by atoms with Crippen LogP contribution in [0.1, 0.15) is 40.8 Å². The number of urea groups is 1. The second-order valence-electron chi connectivity index (χ2n) is 9.32. The van der Waals surface area contributed by atoms with Crippen molar-refractivity contribution >= 4 is 33.2 Å². The number of carbonyl (C=O) groups excluding carboxylic acids is 1. The molecule has 4 rings (SSSR count). The Morgan fingerprint density at radius 2 is 1.95 bits per heavy atom. The highest BCUT2D eigenvalue weighted by Gasteiger charge is 2.23. The Labute approximate surface area is 223 Å². The second kappa shape index (κ2) is 11.1. The third-order valence-electron chi connectivity index (χ3n) is 6.95. The molecule has 0 saturated heterocycles. The first-order chi connectivity index (χ1) is 17.6. The van der Waals surface area contributed by atoms with Crippen molar-refractivity contribution < 1.29 is 17.9 Å². The van der Waals surface area contributed by atoms with Crippen LogP contribution in [0.2, 0.25) is 5.02 Å². The molecule has 0 aliphatic carbocycles. The quantitative estimate of drug-likeness (QED) is 0.412. The van der Waals surface area contributed by atoms with Crippen molar-refractivity contribution in [3.05, 3.63) is 87.4 Å². The van der Waals surface area contributed by atoms with Crippen LogP contribution in [0.25, 0.3) is 0 Å². The molecule has 1 aliphatic rings. The van der Waals surface area contributed by atoms with Crippen LogP contribution in [-0.2, 0) is 28.6 Å². The Hall–Kier alpha value is -3.07. The Balaban J connectivity index is 1.50. The Morgan fingerprint density at radius 3 is 2.70 bits per heavy atom. The number of anilines is 1. The van der Waals surface area contributed by atoms with Crippen molar-refractivity contribution in [1.29, 1.82) is 0 Å². The van der Waals surface area contributed by atoms with Gasteiger partial charge in [-0.15, -0.1) is 0 Å². The summed E-state index contributed by atoms with van der Waals surface area (Å²) in [5.74, 6) is 0.160. The van der Waals surface area contributed by atoms with Crippen molar-refractivity contribution in [3.8, 4) is 5.75 Å². The molecule has 0 radical (unpaired) electrons. The van der Waals surface area contributed by atoms with Gasteiger partial charge >= 0.3 is 6.03 Å². The fraction of sp³-hybridized carbons (Fsp3) is 0.321. The van der Waals surface area contributed by atoms with Gasteiger partial charge in [0, 0.05) is 24.7 Å². The van der Waals surface area contributed by atoms with E-state index in [0.29, 0.717) is 10.7 Å². The summed E-state index contributed by atoms with van der Waals surface area (Å²) in [6.07, 6.45) is 0.884. The first kappa shape index (κ1) is 27.0. The SMILES string of the molecule is COc1cc(S(=O)(=O)Cc2ccc3c(c2)CCNC3)ccc1NC(=O)N(C)C(C)c1cccc(Cl)c1C. The summed E-state index contributed by atoms with van der Waals surface area (Å²) >= 11 is 6.26. The lowest BCUT2D eigenvalue weighted by molar-refractivity contribution is 0.208. The van der Waals surface area contributed by atoms with E-state index in [1.807, 2.05) is 50.2 Å². The number of hydrogen-bond donors (Lipinski definition) is 2. The maximum atomic E-state index is 13.2. The van der Waals surface area contributed by atoms with Crippen molar-refractivity contribution in [2.75, 3.05) is 26.0 Å². The van der Waals surface area contributed by atoms with Crippen molar-refractivity contribution in [1.82, 2.24) is 10.2 Å². The number of ether oxygens (including phenoxy) is 1. The van der Waals surface area contributed by atoms with Gasteiger partial charge in [-0.05, 0) is 72.8 Å². The molecule has 1 aliphatic heterocycles. The summed E-state index contributed by atoms with van der Waals surface area (Å²) in [4.78, 5) is 14.7. The van der Waals surface area contributed by atoms with Crippen LogP contribution in [0.4, 0.5) is 10.5 Å². The average Bonchev–Trinajstić information content (AvgIpc) is 2.89. The van der Waals surface area contributed by atoms with Gasteiger partial charge in [0.1, 0.15) is 5.75 Å². The zero-order chi connectivity index (χ0) is 26.7. The third-order valence-corrected chi connectivity index (χ3v) is 9.04. The molecule has 1 unspecified atom stereocenters. The minimum absolute atomic E-state index is 0.109. The van der Waals surface area contributed by atoms with Gasteiger partial charge in [-0.3, -0.25) is 0 Å². The number of benzene rings is 3. The van der Waals surface area contributed by atoms with Gasteiger partial charge in [-0.1, -0.05) is 41.9 Å². The smallest absolute Gasteiger partial charge is 0.322 e. The van der Waals surface area contributed by atoms with Gasteiger partial charge in [0.15, 0.2) is 9.84 Å². The van der Waals surface area contributed by atoms with Crippen LogP contribution in [0, 0.1) is 6.92 Å². The lowest BCUT2D eigenvalue weighted by Crippen LogP contribution is -2.34. The van der Waals surface area contributed by atoms with Gasteiger partial charge in [0.2, 0.25) is 0 Å². The number of nitrogens with one attached hydrogen (secondary N) is 2. The molecule has 0 saturated carbocycles. The lowest BCUT2D eigenvalue weighted by atomic mass is 9.99. The number of fused-ring (bicyclic) bond motifs is 1. The van der Waals surface area contributed by atoms with Gasteiger partial charge in [0.05, 0.1) is 29.5 Å². The molecule has 1 atom stereocenters. The molecule has 1 heterocycles. The topological polar surface area (TPSA) is 87.7 Å². The van der Waals surface area contributed by atoms with E-state index in [9.17, 15) is 13.2 Å². The molecule has 0 fully saturated rings. The van der Waals surface area contributed by atoms with E-state index in [-0.39, 0.29) is 28.5 Å². The number of carbonyl (C=O) groups is 1. The van der Waals surface area contributed by atoms with Crippen molar-refractivity contribution in [2.24, 2.45) is 0 Å². The normalized spacial score (nSPS) is 14.0. The van der Waals surface area contributed by atoms with Gasteiger partial charge < -0.3 is 20.3 Å². The molecule has 196 valence electrons. The first-order valence-electron chi connectivity index (χ1n) is 12.1. The Morgan fingerprint density at radius 1 is 1.16 bits per heavy atom. The maximum Gasteiger partial charge on any atom is 0.322 e. The summed E-state index contributed by atoms with van der Waals surface area (Å²) in [5.41, 5.74) is 5.39. The highest BCUT2D eigenvalue weighted by atomic mass is 35.5. The second-order valence-corrected chi connectivity index (χ2v) is 11.7. The van der Waals surface area contributed by atoms with Gasteiger partial charge in [0.25, 0.3) is 0 Å². The number of methoxy groups -OCH3 is 1. The number of amides is 2. The molecule has 0 bridgehead atoms. The predicted octanol–water partition coefficient (Wildman–Crippen LogP) is 5.50. The molecule has 7 nitrogen and oxygen atoms in total. The van der Waals surface area contributed by atoms with Crippen LogP contribution in [0.3, 0.4) is 0 Å². The van der Waals surface area contributed by atoms with E-state index >= 15 is 0 Å². The predicted molar refractivity (Wildman–Crippen MR) is 147 cm³/mol. The summed E-state index contributed by atoms with van der Waals surface area (Å²) in [7, 11) is -0.484. The molecule has 2 amide bonds. The summed E-state index contributed by atoms with van der Waals surface area (Å²) in [6.45, 7) is 5.53. The van der Waals surface area contributed by atoms with Gasteiger partial charge in [-0.2, -0.15) is 0 Å². The third kappa shape index (κ3) is 5.92. The van der Waals surface area contributed by atoms with Crippen LogP contribution >= 0.6 is 11.6 Å². The maximum absolute atomic E-state index is 13.2. The lowest BCUT2D eigenvalue weighted by Gasteiger charge is -2.27. The molecular formula is C28H32ClN3O4S. The molecular weight excluding hydrogens is 510 g/mol. The average molecular weight is 542 g/mol. The monoisotopic (exact) mass is 541 g/mol.